The van der Waals surface area contributed by atoms with Crippen LogP contribution in [0.1, 0.15) is 25.8 Å². The average Bonchev–Trinajstić information content (AvgIpc) is 3.37. The van der Waals surface area contributed by atoms with Crippen LogP contribution in [0.4, 0.5) is 20.7 Å². The minimum atomic E-state index is -1.69. The summed E-state index contributed by atoms with van der Waals surface area (Å²) >= 11 is 0. The summed E-state index contributed by atoms with van der Waals surface area (Å²) in [5.41, 5.74) is -1.04. The highest BCUT2D eigenvalue weighted by Gasteiger charge is 2.63. The van der Waals surface area contributed by atoms with E-state index in [1.54, 1.807) is 17.9 Å². The van der Waals surface area contributed by atoms with E-state index < -0.39 is 47.3 Å². The smallest absolute Gasteiger partial charge is 0.328 e. The van der Waals surface area contributed by atoms with Crippen LogP contribution >= 0.6 is 0 Å². The molecule has 4 aliphatic heterocycles. The van der Waals surface area contributed by atoms with Gasteiger partial charge in [-0.25, -0.2) is 9.18 Å². The number of imide groups is 2. The number of β-amino-alcohol motifs (C(OH)–C–C–N with tert-alkyl or cyclic N) is 1. The number of nitrogens with zero attached hydrogens (tertiary/aromatic N) is 3. The molecule has 0 saturated carbocycles. The summed E-state index contributed by atoms with van der Waals surface area (Å²) in [6, 6.07) is -0.0250. The Bertz CT molecular complexity index is 1230. The Morgan fingerprint density at radius 1 is 1.21 bits per heavy atom. The molecule has 0 bridgehead atoms. The molecule has 1 aromatic carbocycles. The first-order valence-electron chi connectivity index (χ1n) is 11.3. The third-order valence-electron chi connectivity index (χ3n) is 7.41. The number of benzene rings is 1. The Labute approximate surface area is 193 Å². The number of ether oxygens (including phenoxy) is 1. The molecule has 4 aliphatic rings. The topological polar surface area (TPSA) is 137 Å². The number of aliphatic hydroxyl groups excluding tert-OH is 1. The zero-order valence-electron chi connectivity index (χ0n) is 18.6. The zero-order valence-corrected chi connectivity index (χ0v) is 18.6. The molecule has 11 nitrogen and oxygen atoms in total. The molecular weight excluding hydrogens is 449 g/mol. The molecule has 3 fully saturated rings. The molecule has 5 heterocycles. The van der Waals surface area contributed by atoms with Crippen LogP contribution in [0.3, 0.4) is 0 Å². The van der Waals surface area contributed by atoms with Gasteiger partial charge in [0, 0.05) is 26.1 Å². The van der Waals surface area contributed by atoms with Gasteiger partial charge in [-0.05, 0) is 31.9 Å². The first-order chi connectivity index (χ1) is 16.2. The molecule has 180 valence electrons. The Morgan fingerprint density at radius 2 is 1.94 bits per heavy atom. The van der Waals surface area contributed by atoms with Crippen LogP contribution in [0.2, 0.25) is 0 Å². The molecule has 0 radical (unpaired) electrons. The van der Waals surface area contributed by atoms with Crippen LogP contribution < -0.4 is 20.4 Å². The summed E-state index contributed by atoms with van der Waals surface area (Å²) < 4.78 is 27.4. The van der Waals surface area contributed by atoms with E-state index >= 15 is 4.39 Å². The highest BCUT2D eigenvalue weighted by atomic mass is 19.1. The van der Waals surface area contributed by atoms with E-state index in [1.165, 1.54) is 0 Å². The molecule has 4 atom stereocenters. The molecule has 34 heavy (non-hydrogen) atoms. The molecule has 12 heteroatoms. The molecule has 4 amide bonds. The van der Waals surface area contributed by atoms with E-state index in [4.69, 9.17) is 9.26 Å². The number of carbonyl (C=O) groups is 3. The number of fused-ring (bicyclic) bond motifs is 5. The first kappa shape index (κ1) is 21.3. The second-order valence-corrected chi connectivity index (χ2v) is 9.60. The van der Waals surface area contributed by atoms with Gasteiger partial charge in [0.2, 0.25) is 17.4 Å². The van der Waals surface area contributed by atoms with Gasteiger partial charge in [-0.3, -0.25) is 20.2 Å². The average molecular weight is 473 g/mol. The zero-order chi connectivity index (χ0) is 23.9. The lowest BCUT2D eigenvalue weighted by atomic mass is 9.66. The first-order valence-corrected chi connectivity index (χ1v) is 11.3. The lowest BCUT2D eigenvalue weighted by molar-refractivity contribution is -0.153. The largest absolute Gasteiger partial charge is 0.391 e. The fraction of sp³-hybridized carbons (Fsp3) is 0.545. The predicted molar refractivity (Wildman–Crippen MR) is 116 cm³/mol. The van der Waals surface area contributed by atoms with Gasteiger partial charge in [-0.2, -0.15) is 0 Å². The molecule has 1 spiro atoms. The number of hydrogen-bond acceptors (Lipinski definition) is 9. The number of carbonyl (C=O) groups excluding carboxylic acids is 3. The van der Waals surface area contributed by atoms with E-state index in [2.05, 4.69) is 15.8 Å². The molecule has 3 saturated heterocycles. The van der Waals surface area contributed by atoms with Gasteiger partial charge in [0.05, 0.1) is 35.4 Å². The van der Waals surface area contributed by atoms with E-state index in [9.17, 15) is 19.5 Å². The van der Waals surface area contributed by atoms with Crippen molar-refractivity contribution >= 4 is 40.3 Å². The molecule has 3 N–H and O–H groups in total. The van der Waals surface area contributed by atoms with Crippen LogP contribution in [0.25, 0.3) is 11.0 Å². The van der Waals surface area contributed by atoms with Crippen molar-refractivity contribution in [1.29, 1.82) is 0 Å². The third-order valence-corrected chi connectivity index (χ3v) is 7.41. The monoisotopic (exact) mass is 473 g/mol. The molecule has 2 aromatic rings. The number of anilines is 2. The van der Waals surface area contributed by atoms with E-state index in [0.29, 0.717) is 36.3 Å². The summed E-state index contributed by atoms with van der Waals surface area (Å²) in [4.78, 5) is 41.9. The van der Waals surface area contributed by atoms with Gasteiger partial charge in [-0.15, -0.1) is 0 Å². The van der Waals surface area contributed by atoms with E-state index in [-0.39, 0.29) is 30.3 Å². The van der Waals surface area contributed by atoms with Crippen molar-refractivity contribution in [2.45, 2.75) is 51.0 Å². The Morgan fingerprint density at radius 3 is 2.62 bits per heavy atom. The Balaban J connectivity index is 1.56. The van der Waals surface area contributed by atoms with Crippen LogP contribution in [0.5, 0.6) is 0 Å². The van der Waals surface area contributed by atoms with Gasteiger partial charge < -0.3 is 24.2 Å². The number of hydrogen-bond donors (Lipinski definition) is 3. The molecule has 1 aromatic heterocycles. The van der Waals surface area contributed by atoms with Crippen molar-refractivity contribution in [2.75, 3.05) is 29.4 Å². The van der Waals surface area contributed by atoms with Gasteiger partial charge in [0.1, 0.15) is 0 Å². The summed E-state index contributed by atoms with van der Waals surface area (Å²) in [5.74, 6) is -1.69. The fourth-order valence-electron chi connectivity index (χ4n) is 6.10. The van der Waals surface area contributed by atoms with Crippen molar-refractivity contribution in [3.05, 3.63) is 17.4 Å². The molecule has 0 unspecified atom stereocenters. The fourth-order valence-corrected chi connectivity index (χ4v) is 6.10. The van der Waals surface area contributed by atoms with Gasteiger partial charge in [0.15, 0.2) is 17.1 Å². The van der Waals surface area contributed by atoms with E-state index in [0.717, 1.165) is 0 Å². The maximum atomic E-state index is 16.0. The van der Waals surface area contributed by atoms with Crippen molar-refractivity contribution in [2.24, 2.45) is 5.41 Å². The number of rotatable bonds is 1. The minimum absolute atomic E-state index is 0.0237. The highest BCUT2D eigenvalue weighted by molar-refractivity contribution is 6.20. The number of nitrogens with one attached hydrogen (secondary N) is 2. The second-order valence-electron chi connectivity index (χ2n) is 9.60. The summed E-state index contributed by atoms with van der Waals surface area (Å²) in [7, 11) is 0. The SMILES string of the molecule is C[C@@H]1CN2c3c(cc4c(N5CC[C@@H](O)C5)noc4c3F)CC3(C(=O)NC(=O)NC3=O)[C@H]2[C@H](C)O1. The number of halogens is 1. The highest BCUT2D eigenvalue weighted by Crippen LogP contribution is 2.49. The van der Waals surface area contributed by atoms with Crippen molar-refractivity contribution in [1.82, 2.24) is 15.8 Å². The standard InChI is InChI=1S/C22H24FN5O6/c1-9-7-28-15-11(5-13-16(14(15)23)34-26-18(13)27-4-3-12(29)8-27)6-22(17(28)10(2)33-9)19(30)24-21(32)25-20(22)31/h5,9-10,12,17,29H,3-4,6-8H2,1-2H3,(H2,24,25,30,31,32)/t9-,10+,12-,17-/m1/s1. The quantitative estimate of drug-likeness (QED) is 0.504. The normalized spacial score (nSPS) is 30.4. The Kier molecular flexibility index (Phi) is 4.46. The second kappa shape index (κ2) is 7.12. The molecular formula is C22H24FN5O6. The summed E-state index contributed by atoms with van der Waals surface area (Å²) in [6.07, 6.45) is -0.979. The lowest BCUT2D eigenvalue weighted by Gasteiger charge is -2.55. The van der Waals surface area contributed by atoms with Crippen LogP contribution in [0.15, 0.2) is 10.6 Å². The van der Waals surface area contributed by atoms with Crippen molar-refractivity contribution < 1.29 is 33.1 Å². The summed E-state index contributed by atoms with van der Waals surface area (Å²) in [5, 5.41) is 18.9. The van der Waals surface area contributed by atoms with Gasteiger partial charge >= 0.3 is 6.03 Å². The van der Waals surface area contributed by atoms with Gasteiger partial charge in [0.25, 0.3) is 0 Å². The number of aromatic nitrogens is 1. The van der Waals surface area contributed by atoms with Crippen molar-refractivity contribution in [3.63, 3.8) is 0 Å². The maximum Gasteiger partial charge on any atom is 0.328 e. The summed E-state index contributed by atoms with van der Waals surface area (Å²) in [6.45, 7) is 4.69. The predicted octanol–water partition coefficient (Wildman–Crippen LogP) is 0.429. The number of aliphatic hydroxyl groups is 1. The lowest BCUT2D eigenvalue weighted by Crippen LogP contribution is -2.75. The number of amides is 4. The van der Waals surface area contributed by atoms with Crippen LogP contribution in [-0.4, -0.2) is 72.1 Å². The number of barbiturate groups is 1. The minimum Gasteiger partial charge on any atom is -0.391 e. The van der Waals surface area contributed by atoms with Crippen LogP contribution in [0, 0.1) is 11.2 Å². The van der Waals surface area contributed by atoms with Crippen molar-refractivity contribution in [3.8, 4) is 0 Å². The van der Waals surface area contributed by atoms with E-state index in [1.807, 2.05) is 11.8 Å². The number of morpholine rings is 1. The number of urea groups is 1. The molecule has 6 rings (SSSR count). The Hall–Kier alpha value is -3.25. The van der Waals surface area contributed by atoms with Crippen LogP contribution in [-0.2, 0) is 20.7 Å². The maximum absolute atomic E-state index is 16.0. The van der Waals surface area contributed by atoms with Gasteiger partial charge in [-0.1, -0.05) is 5.16 Å². The molecule has 0 aliphatic carbocycles. The third kappa shape index (κ3) is 2.75.